The molecule has 148 valence electrons. The molecule has 0 spiro atoms. The Balaban J connectivity index is 1.83. The van der Waals surface area contributed by atoms with Crippen LogP contribution in [0.1, 0.15) is 31.8 Å². The summed E-state index contributed by atoms with van der Waals surface area (Å²) >= 11 is 0. The van der Waals surface area contributed by atoms with Gasteiger partial charge < -0.3 is 9.47 Å². The van der Waals surface area contributed by atoms with Gasteiger partial charge in [0, 0.05) is 27.6 Å². The quantitative estimate of drug-likeness (QED) is 0.414. The molecule has 0 atom stereocenters. The molecule has 4 aromatic carbocycles. The van der Waals surface area contributed by atoms with E-state index >= 15 is 0 Å². The molecule has 0 aliphatic heterocycles. The van der Waals surface area contributed by atoms with Crippen molar-refractivity contribution < 1.29 is 19.1 Å². The largest absolute Gasteiger partial charge is 0.497 e. The molecule has 0 unspecified atom stereocenters. The molecule has 0 aromatic heterocycles. The number of methoxy groups -OCH3 is 2. The first kappa shape index (κ1) is 19.4. The Labute approximate surface area is 174 Å². The number of fused-ring (bicyclic) bond motifs is 1. The number of hydrogen-bond acceptors (Lipinski definition) is 4. The van der Waals surface area contributed by atoms with Crippen molar-refractivity contribution in [2.75, 3.05) is 14.2 Å². The predicted molar refractivity (Wildman–Crippen MR) is 117 cm³/mol. The van der Waals surface area contributed by atoms with Gasteiger partial charge in [-0.2, -0.15) is 0 Å². The van der Waals surface area contributed by atoms with Crippen LogP contribution in [0.2, 0.25) is 0 Å². The molecule has 0 saturated carbocycles. The number of ether oxygens (including phenoxy) is 2. The number of ketones is 2. The van der Waals surface area contributed by atoms with Crippen LogP contribution >= 0.6 is 0 Å². The fourth-order valence-corrected chi connectivity index (χ4v) is 3.52. The maximum Gasteiger partial charge on any atom is 0.193 e. The van der Waals surface area contributed by atoms with Crippen molar-refractivity contribution in [1.82, 2.24) is 0 Å². The molecule has 0 amide bonds. The van der Waals surface area contributed by atoms with E-state index in [2.05, 4.69) is 0 Å². The average Bonchev–Trinajstić information content (AvgIpc) is 2.82. The molecule has 4 nitrogen and oxygen atoms in total. The number of benzene rings is 4. The molecule has 4 aromatic rings. The van der Waals surface area contributed by atoms with Gasteiger partial charge >= 0.3 is 0 Å². The molecule has 0 fully saturated rings. The Kier molecular flexibility index (Phi) is 5.31. The van der Waals surface area contributed by atoms with Crippen molar-refractivity contribution in [3.05, 3.63) is 107 Å². The fourth-order valence-electron chi connectivity index (χ4n) is 3.52. The predicted octanol–water partition coefficient (Wildman–Crippen LogP) is 5.32. The van der Waals surface area contributed by atoms with Crippen molar-refractivity contribution in [3.8, 4) is 11.5 Å². The summed E-state index contributed by atoms with van der Waals surface area (Å²) < 4.78 is 10.4. The maximum atomic E-state index is 13.3. The van der Waals surface area contributed by atoms with Gasteiger partial charge in [0.2, 0.25) is 0 Å². The second kappa shape index (κ2) is 8.21. The number of rotatable bonds is 6. The lowest BCUT2D eigenvalue weighted by atomic mass is 9.91. The van der Waals surface area contributed by atoms with Gasteiger partial charge in [-0.05, 0) is 53.9 Å². The highest BCUT2D eigenvalue weighted by Crippen LogP contribution is 2.28. The lowest BCUT2D eigenvalue weighted by Crippen LogP contribution is -2.07. The highest BCUT2D eigenvalue weighted by atomic mass is 16.5. The highest BCUT2D eigenvalue weighted by Gasteiger charge is 2.19. The third kappa shape index (κ3) is 3.55. The van der Waals surface area contributed by atoms with E-state index in [9.17, 15) is 9.59 Å². The van der Waals surface area contributed by atoms with Gasteiger partial charge in [-0.3, -0.25) is 9.59 Å². The van der Waals surface area contributed by atoms with Crippen LogP contribution < -0.4 is 9.47 Å². The van der Waals surface area contributed by atoms with Crippen LogP contribution in [0.3, 0.4) is 0 Å². The van der Waals surface area contributed by atoms with Crippen LogP contribution in [0.4, 0.5) is 0 Å². The summed E-state index contributed by atoms with van der Waals surface area (Å²) in [5.41, 5.74) is 2.07. The van der Waals surface area contributed by atoms with Crippen LogP contribution in [-0.4, -0.2) is 25.8 Å². The number of hydrogen-bond donors (Lipinski definition) is 0. The van der Waals surface area contributed by atoms with Crippen molar-refractivity contribution in [1.29, 1.82) is 0 Å². The van der Waals surface area contributed by atoms with E-state index < -0.39 is 0 Å². The van der Waals surface area contributed by atoms with Crippen molar-refractivity contribution in [3.63, 3.8) is 0 Å². The molecule has 30 heavy (non-hydrogen) atoms. The normalized spacial score (nSPS) is 10.6. The van der Waals surface area contributed by atoms with Gasteiger partial charge in [0.1, 0.15) is 11.5 Å². The van der Waals surface area contributed by atoms with E-state index in [1.807, 2.05) is 24.3 Å². The molecular formula is C26H20O4. The maximum absolute atomic E-state index is 13.3. The van der Waals surface area contributed by atoms with E-state index in [0.29, 0.717) is 39.1 Å². The molecule has 0 saturated heterocycles. The minimum Gasteiger partial charge on any atom is -0.497 e. The van der Waals surface area contributed by atoms with Crippen LogP contribution in [-0.2, 0) is 0 Å². The summed E-state index contributed by atoms with van der Waals surface area (Å²) in [4.78, 5) is 26.6. The molecule has 4 rings (SSSR count). The summed E-state index contributed by atoms with van der Waals surface area (Å²) in [6.45, 7) is 0. The topological polar surface area (TPSA) is 52.6 Å². The van der Waals surface area contributed by atoms with Gasteiger partial charge in [0.05, 0.1) is 14.2 Å². The summed E-state index contributed by atoms with van der Waals surface area (Å²) in [7, 11) is 3.16. The van der Waals surface area contributed by atoms with Crippen LogP contribution in [0.15, 0.2) is 84.9 Å². The van der Waals surface area contributed by atoms with Crippen LogP contribution in [0, 0.1) is 0 Å². The fraction of sp³-hybridized carbons (Fsp3) is 0.0769. The lowest BCUT2D eigenvalue weighted by Gasteiger charge is -2.11. The smallest absolute Gasteiger partial charge is 0.193 e. The third-order valence-electron chi connectivity index (χ3n) is 5.10. The zero-order chi connectivity index (χ0) is 21.1. The lowest BCUT2D eigenvalue weighted by molar-refractivity contribution is 0.103. The van der Waals surface area contributed by atoms with Crippen LogP contribution in [0.5, 0.6) is 11.5 Å². The van der Waals surface area contributed by atoms with Gasteiger partial charge in [0.25, 0.3) is 0 Å². The van der Waals surface area contributed by atoms with Gasteiger partial charge in [-0.25, -0.2) is 0 Å². The van der Waals surface area contributed by atoms with Gasteiger partial charge in [0.15, 0.2) is 11.6 Å². The number of carbonyl (C=O) groups excluding carboxylic acids is 2. The van der Waals surface area contributed by atoms with Crippen molar-refractivity contribution in [2.24, 2.45) is 0 Å². The first-order chi connectivity index (χ1) is 14.6. The molecule has 0 heterocycles. The zero-order valence-corrected chi connectivity index (χ0v) is 16.7. The van der Waals surface area contributed by atoms with Crippen LogP contribution in [0.25, 0.3) is 10.8 Å². The zero-order valence-electron chi connectivity index (χ0n) is 16.7. The van der Waals surface area contributed by atoms with E-state index in [1.54, 1.807) is 74.9 Å². The standard InChI is InChI=1S/C26H20O4/c1-29-20-13-9-18(10-14-20)25(27)22-7-3-5-17-6-4-8-23(24(17)22)26(28)19-11-15-21(30-2)16-12-19/h3-16H,1-2H3. The summed E-state index contributed by atoms with van der Waals surface area (Å²) in [5, 5.41) is 1.50. The molecule has 0 N–H and O–H groups in total. The number of carbonyl (C=O) groups is 2. The summed E-state index contributed by atoms with van der Waals surface area (Å²) in [6, 6.07) is 24.9. The molecule has 0 aliphatic rings. The molecule has 0 bridgehead atoms. The first-order valence-electron chi connectivity index (χ1n) is 9.51. The Morgan fingerprint density at radius 1 is 0.567 bits per heavy atom. The Bertz CT molecular complexity index is 1130. The van der Waals surface area contributed by atoms with Gasteiger partial charge in [-0.1, -0.05) is 36.4 Å². The van der Waals surface area contributed by atoms with E-state index in [4.69, 9.17) is 9.47 Å². The highest BCUT2D eigenvalue weighted by molar-refractivity contribution is 6.23. The van der Waals surface area contributed by atoms with E-state index in [-0.39, 0.29) is 11.6 Å². The molecule has 0 radical (unpaired) electrons. The van der Waals surface area contributed by atoms with E-state index in [1.165, 1.54) is 0 Å². The molecular weight excluding hydrogens is 376 g/mol. The SMILES string of the molecule is COc1ccc(C(=O)c2cccc3cccc(C(=O)c4ccc(OC)cc4)c23)cc1. The van der Waals surface area contributed by atoms with Crippen molar-refractivity contribution in [2.45, 2.75) is 0 Å². The summed E-state index contributed by atoms with van der Waals surface area (Å²) in [5.74, 6) is 1.08. The Morgan fingerprint density at radius 2 is 0.967 bits per heavy atom. The minimum absolute atomic E-state index is 0.141. The second-order valence-electron chi connectivity index (χ2n) is 6.82. The Morgan fingerprint density at radius 3 is 1.33 bits per heavy atom. The van der Waals surface area contributed by atoms with Crippen molar-refractivity contribution >= 4 is 22.3 Å². The first-order valence-corrected chi connectivity index (χ1v) is 9.51. The molecule has 4 heteroatoms. The second-order valence-corrected chi connectivity index (χ2v) is 6.82. The van der Waals surface area contributed by atoms with Gasteiger partial charge in [-0.15, -0.1) is 0 Å². The monoisotopic (exact) mass is 396 g/mol. The Hall–Kier alpha value is -3.92. The molecule has 0 aliphatic carbocycles. The third-order valence-corrected chi connectivity index (χ3v) is 5.10. The van der Waals surface area contributed by atoms with E-state index in [0.717, 1.165) is 5.39 Å². The minimum atomic E-state index is -0.141. The summed E-state index contributed by atoms with van der Waals surface area (Å²) in [6.07, 6.45) is 0. The average molecular weight is 396 g/mol.